The number of amides is 1. The fourth-order valence-electron chi connectivity index (χ4n) is 2.72. The van der Waals surface area contributed by atoms with Crippen molar-refractivity contribution in [1.29, 1.82) is 0 Å². The maximum Gasteiger partial charge on any atom is 0.407 e. The van der Waals surface area contributed by atoms with E-state index in [1.165, 1.54) is 0 Å². The van der Waals surface area contributed by atoms with Gasteiger partial charge < -0.3 is 40.3 Å². The van der Waals surface area contributed by atoms with Gasteiger partial charge in [0, 0.05) is 6.42 Å². The first-order valence-corrected chi connectivity index (χ1v) is 8.75. The molecule has 0 bridgehead atoms. The van der Waals surface area contributed by atoms with Gasteiger partial charge >= 0.3 is 6.09 Å². The van der Waals surface area contributed by atoms with Crippen LogP contribution in [-0.2, 0) is 9.47 Å². The number of carbonyl (C=O) groups is 1. The molecule has 7 atom stereocenters. The van der Waals surface area contributed by atoms with Crippen molar-refractivity contribution in [3.8, 4) is 0 Å². The summed E-state index contributed by atoms with van der Waals surface area (Å²) in [5.41, 5.74) is 0. The quantitative estimate of drug-likeness (QED) is 0.301. The van der Waals surface area contributed by atoms with Gasteiger partial charge in [0.05, 0.1) is 43.7 Å². The fraction of sp³-hybridized carbons (Fsp3) is 0.938. The van der Waals surface area contributed by atoms with Crippen LogP contribution < -0.4 is 5.32 Å². The predicted molar refractivity (Wildman–Crippen MR) is 87.9 cm³/mol. The first-order chi connectivity index (χ1) is 11.8. The Morgan fingerprint density at radius 2 is 1.84 bits per heavy atom. The minimum atomic E-state index is -1.30. The summed E-state index contributed by atoms with van der Waals surface area (Å²) >= 11 is 0. The Hall–Kier alpha value is -0.970. The molecule has 0 aromatic carbocycles. The van der Waals surface area contributed by atoms with Crippen LogP contribution in [0.2, 0.25) is 0 Å². The molecule has 1 rings (SSSR count). The summed E-state index contributed by atoms with van der Waals surface area (Å²) in [4.78, 5) is 11.6. The van der Waals surface area contributed by atoms with E-state index in [4.69, 9.17) is 9.47 Å². The van der Waals surface area contributed by atoms with Crippen LogP contribution in [0.4, 0.5) is 4.79 Å². The van der Waals surface area contributed by atoms with Gasteiger partial charge in [-0.1, -0.05) is 6.92 Å². The molecule has 1 fully saturated rings. The highest BCUT2D eigenvalue weighted by Gasteiger charge is 2.38. The van der Waals surface area contributed by atoms with Gasteiger partial charge in [0.25, 0.3) is 0 Å². The first kappa shape index (κ1) is 22.1. The normalized spacial score (nSPS) is 30.4. The van der Waals surface area contributed by atoms with E-state index in [0.29, 0.717) is 12.8 Å². The largest absolute Gasteiger partial charge is 0.450 e. The highest BCUT2D eigenvalue weighted by molar-refractivity contribution is 5.67. The predicted octanol–water partition coefficient (Wildman–Crippen LogP) is -1.12. The van der Waals surface area contributed by atoms with E-state index >= 15 is 0 Å². The van der Waals surface area contributed by atoms with Crippen LogP contribution in [0.1, 0.15) is 39.5 Å². The van der Waals surface area contributed by atoms with Crippen molar-refractivity contribution in [1.82, 2.24) is 5.32 Å². The number of nitrogens with one attached hydrogen (secondary N) is 1. The van der Waals surface area contributed by atoms with Crippen molar-refractivity contribution >= 4 is 6.09 Å². The number of aliphatic hydroxyl groups excluding tert-OH is 5. The topological polar surface area (TPSA) is 149 Å². The van der Waals surface area contributed by atoms with Gasteiger partial charge in [-0.15, -0.1) is 0 Å². The third-order valence-corrected chi connectivity index (χ3v) is 4.39. The van der Waals surface area contributed by atoms with Crippen LogP contribution in [0.5, 0.6) is 0 Å². The molecule has 25 heavy (non-hydrogen) atoms. The van der Waals surface area contributed by atoms with E-state index < -0.39 is 48.8 Å². The molecule has 0 aliphatic heterocycles. The molecule has 1 saturated carbocycles. The van der Waals surface area contributed by atoms with Crippen molar-refractivity contribution in [2.24, 2.45) is 0 Å². The molecule has 6 N–H and O–H groups in total. The standard InChI is InChI=1S/C16H31NO8/c1-3-9(18)7-12(20)10(17-16(23)24-4-2)8-25-13-6-5-11(19)14(21)15(13)22/h9-15,18-22H,3-8H2,1-2H3,(H,17,23). The Labute approximate surface area is 147 Å². The number of alkyl carbamates (subject to hydrolysis) is 1. The molecule has 7 unspecified atom stereocenters. The highest BCUT2D eigenvalue weighted by Crippen LogP contribution is 2.23. The van der Waals surface area contributed by atoms with Crippen molar-refractivity contribution in [3.63, 3.8) is 0 Å². The van der Waals surface area contributed by atoms with E-state index in [0.717, 1.165) is 0 Å². The lowest BCUT2D eigenvalue weighted by atomic mass is 9.89. The minimum Gasteiger partial charge on any atom is -0.450 e. The smallest absolute Gasteiger partial charge is 0.407 e. The van der Waals surface area contributed by atoms with E-state index in [1.807, 2.05) is 0 Å². The molecule has 0 aromatic heterocycles. The number of rotatable bonds is 9. The van der Waals surface area contributed by atoms with Crippen molar-refractivity contribution < 1.29 is 39.8 Å². The number of hydrogen-bond acceptors (Lipinski definition) is 8. The van der Waals surface area contributed by atoms with Gasteiger partial charge in [0.1, 0.15) is 12.2 Å². The number of aliphatic hydroxyl groups is 5. The van der Waals surface area contributed by atoms with E-state index in [1.54, 1.807) is 13.8 Å². The molecule has 0 saturated heterocycles. The van der Waals surface area contributed by atoms with Gasteiger partial charge in [-0.05, 0) is 26.2 Å². The van der Waals surface area contributed by atoms with E-state index in [-0.39, 0.29) is 26.1 Å². The third kappa shape index (κ3) is 7.04. The second-order valence-corrected chi connectivity index (χ2v) is 6.33. The van der Waals surface area contributed by atoms with Gasteiger partial charge in [0.15, 0.2) is 0 Å². The second-order valence-electron chi connectivity index (χ2n) is 6.33. The molecule has 0 spiro atoms. The molecule has 1 amide bonds. The van der Waals surface area contributed by atoms with Crippen molar-refractivity contribution in [3.05, 3.63) is 0 Å². The lowest BCUT2D eigenvalue weighted by Crippen LogP contribution is -2.53. The van der Waals surface area contributed by atoms with Crippen LogP contribution in [0.3, 0.4) is 0 Å². The average molecular weight is 365 g/mol. The minimum absolute atomic E-state index is 0.0471. The number of ether oxygens (including phenoxy) is 2. The Kier molecular flexibility index (Phi) is 9.62. The van der Waals surface area contributed by atoms with Crippen LogP contribution >= 0.6 is 0 Å². The molecule has 0 radical (unpaired) electrons. The van der Waals surface area contributed by atoms with E-state index in [9.17, 15) is 30.3 Å². The first-order valence-electron chi connectivity index (χ1n) is 8.75. The highest BCUT2D eigenvalue weighted by atomic mass is 16.5. The van der Waals surface area contributed by atoms with Crippen LogP contribution in [-0.4, -0.2) is 87.5 Å². The summed E-state index contributed by atoms with van der Waals surface area (Å²) in [6.45, 7) is 3.44. The Morgan fingerprint density at radius 3 is 2.44 bits per heavy atom. The molecule has 0 aromatic rings. The van der Waals surface area contributed by atoms with Crippen LogP contribution in [0.25, 0.3) is 0 Å². The molecule has 1 aliphatic carbocycles. The van der Waals surface area contributed by atoms with Gasteiger partial charge in [-0.2, -0.15) is 0 Å². The molecular weight excluding hydrogens is 334 g/mol. The number of carbonyl (C=O) groups excluding carboxylic acids is 1. The lowest BCUT2D eigenvalue weighted by molar-refractivity contribution is -0.157. The van der Waals surface area contributed by atoms with E-state index in [2.05, 4.69) is 5.32 Å². The Balaban J connectivity index is 2.64. The zero-order chi connectivity index (χ0) is 19.0. The fourth-order valence-corrected chi connectivity index (χ4v) is 2.72. The molecule has 1 aliphatic rings. The summed E-state index contributed by atoms with van der Waals surface area (Å²) in [7, 11) is 0. The van der Waals surface area contributed by atoms with Crippen LogP contribution in [0, 0.1) is 0 Å². The Bertz CT molecular complexity index is 396. The maximum absolute atomic E-state index is 11.6. The molecule has 0 heterocycles. The molecule has 148 valence electrons. The van der Waals surface area contributed by atoms with Crippen molar-refractivity contribution in [2.45, 2.75) is 82.2 Å². The van der Waals surface area contributed by atoms with Crippen molar-refractivity contribution in [2.75, 3.05) is 13.2 Å². The molecule has 9 heteroatoms. The lowest BCUT2D eigenvalue weighted by Gasteiger charge is -2.36. The summed E-state index contributed by atoms with van der Waals surface area (Å²) in [6, 6.07) is -0.851. The number of hydrogen-bond donors (Lipinski definition) is 6. The summed E-state index contributed by atoms with van der Waals surface area (Å²) in [6.07, 6.45) is -5.71. The third-order valence-electron chi connectivity index (χ3n) is 4.39. The zero-order valence-corrected chi connectivity index (χ0v) is 14.7. The monoisotopic (exact) mass is 365 g/mol. The Morgan fingerprint density at radius 1 is 1.16 bits per heavy atom. The van der Waals surface area contributed by atoms with Gasteiger partial charge in [-0.25, -0.2) is 4.79 Å². The summed E-state index contributed by atoms with van der Waals surface area (Å²) in [5, 5.41) is 51.6. The summed E-state index contributed by atoms with van der Waals surface area (Å²) in [5.74, 6) is 0. The molecule has 9 nitrogen and oxygen atoms in total. The van der Waals surface area contributed by atoms with Gasteiger partial charge in [-0.3, -0.25) is 0 Å². The van der Waals surface area contributed by atoms with Gasteiger partial charge in [0.2, 0.25) is 0 Å². The zero-order valence-electron chi connectivity index (χ0n) is 14.7. The second kappa shape index (κ2) is 10.9. The van der Waals surface area contributed by atoms with Crippen LogP contribution in [0.15, 0.2) is 0 Å². The average Bonchev–Trinajstić information content (AvgIpc) is 2.57. The molecular formula is C16H31NO8. The SMILES string of the molecule is CCOC(=O)NC(COC1CCC(O)C(O)C1O)C(O)CC(O)CC. The summed E-state index contributed by atoms with van der Waals surface area (Å²) < 4.78 is 10.4. The maximum atomic E-state index is 11.6.